The quantitative estimate of drug-likeness (QED) is 0.711. The number of benzene rings is 1. The number of aromatic carboxylic acids is 1. The van der Waals surface area contributed by atoms with Crippen molar-refractivity contribution in [3.8, 4) is 0 Å². The normalized spacial score (nSPS) is 13.2. The molecule has 1 unspecified atom stereocenters. The van der Waals surface area contributed by atoms with Crippen molar-refractivity contribution in [2.75, 3.05) is 6.61 Å². The highest BCUT2D eigenvalue weighted by Gasteiger charge is 2.23. The number of carboxylic acid groups (broad SMARTS) is 1. The first-order valence-corrected chi connectivity index (χ1v) is 6.96. The van der Waals surface area contributed by atoms with Gasteiger partial charge in [-0.05, 0) is 24.6 Å². The summed E-state index contributed by atoms with van der Waals surface area (Å²) in [5.41, 5.74) is -0.342. The van der Waals surface area contributed by atoms with Gasteiger partial charge in [-0.25, -0.2) is 22.3 Å². The van der Waals surface area contributed by atoms with Gasteiger partial charge in [0.1, 0.15) is 10.7 Å². The number of rotatable bonds is 6. The standard InChI is InChI=1S/C11H14FNO5S/c1-2-8(6-14)13-19(17,18)10-4-3-7(11(15)16)5-9(10)12/h3-5,8,13-14H,2,6H2,1H3,(H,15,16). The van der Waals surface area contributed by atoms with E-state index in [1.807, 2.05) is 0 Å². The summed E-state index contributed by atoms with van der Waals surface area (Å²) in [6.45, 7) is 1.25. The molecule has 3 N–H and O–H groups in total. The summed E-state index contributed by atoms with van der Waals surface area (Å²) in [6.07, 6.45) is 0.338. The number of halogens is 1. The van der Waals surface area contributed by atoms with Gasteiger partial charge in [0.25, 0.3) is 0 Å². The Hall–Kier alpha value is -1.51. The molecule has 0 spiro atoms. The number of aliphatic hydroxyl groups excluding tert-OH is 1. The molecule has 106 valence electrons. The molecule has 0 aromatic heterocycles. The maximum Gasteiger partial charge on any atom is 0.335 e. The highest BCUT2D eigenvalue weighted by molar-refractivity contribution is 7.89. The van der Waals surface area contributed by atoms with Crippen LogP contribution in [0, 0.1) is 5.82 Å². The van der Waals surface area contributed by atoms with Gasteiger partial charge in [-0.15, -0.1) is 0 Å². The Morgan fingerprint density at radius 1 is 1.47 bits per heavy atom. The molecule has 0 aliphatic heterocycles. The molecule has 0 aliphatic carbocycles. The number of aliphatic hydroxyl groups is 1. The van der Waals surface area contributed by atoms with Gasteiger partial charge < -0.3 is 10.2 Å². The Kier molecular flexibility index (Phi) is 4.98. The number of hydrogen-bond donors (Lipinski definition) is 3. The van der Waals surface area contributed by atoms with Gasteiger partial charge in [0.15, 0.2) is 0 Å². The zero-order chi connectivity index (χ0) is 14.6. The predicted molar refractivity (Wildman–Crippen MR) is 64.8 cm³/mol. The molecule has 19 heavy (non-hydrogen) atoms. The Bertz CT molecular complexity index is 568. The average Bonchev–Trinajstić information content (AvgIpc) is 2.35. The van der Waals surface area contributed by atoms with Crippen molar-refractivity contribution in [2.45, 2.75) is 24.3 Å². The van der Waals surface area contributed by atoms with Crippen molar-refractivity contribution in [3.63, 3.8) is 0 Å². The monoisotopic (exact) mass is 291 g/mol. The largest absolute Gasteiger partial charge is 0.478 e. The summed E-state index contributed by atoms with van der Waals surface area (Å²) >= 11 is 0. The first-order chi connectivity index (χ1) is 8.81. The summed E-state index contributed by atoms with van der Waals surface area (Å²) in [6, 6.07) is 1.80. The zero-order valence-electron chi connectivity index (χ0n) is 10.1. The molecule has 0 amide bonds. The van der Waals surface area contributed by atoms with Crippen LogP contribution in [-0.4, -0.2) is 37.2 Å². The van der Waals surface area contributed by atoms with Crippen LogP contribution in [0.15, 0.2) is 23.1 Å². The molecular formula is C11H14FNO5S. The fraction of sp³-hybridized carbons (Fsp3) is 0.364. The van der Waals surface area contributed by atoms with Crippen LogP contribution in [0.1, 0.15) is 23.7 Å². The average molecular weight is 291 g/mol. The summed E-state index contributed by atoms with van der Waals surface area (Å²) in [5, 5.41) is 17.6. The van der Waals surface area contributed by atoms with Gasteiger partial charge in [-0.2, -0.15) is 0 Å². The molecule has 1 aromatic carbocycles. The second-order valence-corrected chi connectivity index (χ2v) is 5.54. The minimum Gasteiger partial charge on any atom is -0.478 e. The van der Waals surface area contributed by atoms with Crippen LogP contribution >= 0.6 is 0 Å². The van der Waals surface area contributed by atoms with Gasteiger partial charge in [0.2, 0.25) is 10.0 Å². The van der Waals surface area contributed by atoms with Crippen LogP contribution in [0.4, 0.5) is 4.39 Å². The first kappa shape index (κ1) is 15.5. The molecule has 1 rings (SSSR count). The van der Waals surface area contributed by atoms with Crippen LogP contribution in [-0.2, 0) is 10.0 Å². The number of carbonyl (C=O) groups is 1. The fourth-order valence-corrected chi connectivity index (χ4v) is 2.75. The van der Waals surface area contributed by atoms with E-state index in [0.717, 1.165) is 12.1 Å². The molecule has 0 heterocycles. The van der Waals surface area contributed by atoms with Crippen molar-refractivity contribution in [2.24, 2.45) is 0 Å². The van der Waals surface area contributed by atoms with Crippen LogP contribution in [0.25, 0.3) is 0 Å². The number of carboxylic acids is 1. The van der Waals surface area contributed by atoms with Crippen LogP contribution < -0.4 is 4.72 Å². The lowest BCUT2D eigenvalue weighted by Gasteiger charge is -2.14. The second-order valence-electron chi connectivity index (χ2n) is 3.86. The molecule has 0 aliphatic rings. The van der Waals surface area contributed by atoms with E-state index in [1.165, 1.54) is 0 Å². The molecule has 0 fully saturated rings. The molecule has 0 saturated carbocycles. The topological polar surface area (TPSA) is 104 Å². The highest BCUT2D eigenvalue weighted by Crippen LogP contribution is 2.16. The third-order valence-electron chi connectivity index (χ3n) is 2.50. The van der Waals surface area contributed by atoms with Crippen molar-refractivity contribution in [1.82, 2.24) is 4.72 Å². The maximum absolute atomic E-state index is 13.6. The smallest absolute Gasteiger partial charge is 0.335 e. The van der Waals surface area contributed by atoms with E-state index in [1.54, 1.807) is 6.92 Å². The highest BCUT2D eigenvalue weighted by atomic mass is 32.2. The van der Waals surface area contributed by atoms with Gasteiger partial charge in [0, 0.05) is 6.04 Å². The Labute approximate surface area is 109 Å². The first-order valence-electron chi connectivity index (χ1n) is 5.47. The van der Waals surface area contributed by atoms with Crippen LogP contribution in [0.2, 0.25) is 0 Å². The lowest BCUT2D eigenvalue weighted by atomic mass is 10.2. The molecule has 8 heteroatoms. The molecule has 0 radical (unpaired) electrons. The van der Waals surface area contributed by atoms with Crippen molar-refractivity contribution >= 4 is 16.0 Å². The van der Waals surface area contributed by atoms with Crippen LogP contribution in [0.3, 0.4) is 0 Å². The van der Waals surface area contributed by atoms with E-state index < -0.39 is 39.4 Å². The molecule has 1 aromatic rings. The van der Waals surface area contributed by atoms with Gasteiger partial charge >= 0.3 is 5.97 Å². The van der Waals surface area contributed by atoms with E-state index in [2.05, 4.69) is 4.72 Å². The zero-order valence-corrected chi connectivity index (χ0v) is 10.9. The van der Waals surface area contributed by atoms with Crippen molar-refractivity contribution in [3.05, 3.63) is 29.6 Å². The van der Waals surface area contributed by atoms with Gasteiger partial charge in [-0.1, -0.05) is 6.92 Å². The lowest BCUT2D eigenvalue weighted by molar-refractivity contribution is 0.0696. The second kappa shape index (κ2) is 6.09. The summed E-state index contributed by atoms with van der Waals surface area (Å²) < 4.78 is 39.5. The Balaban J connectivity index is 3.12. The lowest BCUT2D eigenvalue weighted by Crippen LogP contribution is -2.37. The minimum absolute atomic E-state index is 0.338. The SMILES string of the molecule is CCC(CO)NS(=O)(=O)c1ccc(C(=O)O)cc1F. The Morgan fingerprint density at radius 3 is 2.53 bits per heavy atom. The van der Waals surface area contributed by atoms with Gasteiger partial charge in [0.05, 0.1) is 12.2 Å². The van der Waals surface area contributed by atoms with Crippen molar-refractivity contribution in [1.29, 1.82) is 0 Å². The van der Waals surface area contributed by atoms with Crippen LogP contribution in [0.5, 0.6) is 0 Å². The molecular weight excluding hydrogens is 277 g/mol. The third-order valence-corrected chi connectivity index (χ3v) is 4.06. The van der Waals surface area contributed by atoms with E-state index in [4.69, 9.17) is 10.2 Å². The van der Waals surface area contributed by atoms with Gasteiger partial charge in [-0.3, -0.25) is 0 Å². The minimum atomic E-state index is -4.13. The molecule has 0 bridgehead atoms. The summed E-state index contributed by atoms with van der Waals surface area (Å²) in [5.74, 6) is -2.50. The molecule has 0 saturated heterocycles. The van der Waals surface area contributed by atoms with E-state index in [-0.39, 0.29) is 5.56 Å². The Morgan fingerprint density at radius 2 is 2.11 bits per heavy atom. The maximum atomic E-state index is 13.6. The summed E-state index contributed by atoms with van der Waals surface area (Å²) in [4.78, 5) is 9.97. The third kappa shape index (κ3) is 3.72. The van der Waals surface area contributed by atoms with E-state index in [9.17, 15) is 17.6 Å². The molecule has 1 atom stereocenters. The van der Waals surface area contributed by atoms with E-state index in [0.29, 0.717) is 12.5 Å². The molecule has 6 nitrogen and oxygen atoms in total. The summed E-state index contributed by atoms with van der Waals surface area (Å²) in [7, 11) is -4.13. The number of hydrogen-bond acceptors (Lipinski definition) is 4. The number of nitrogens with one attached hydrogen (secondary N) is 1. The van der Waals surface area contributed by atoms with E-state index >= 15 is 0 Å². The van der Waals surface area contributed by atoms with Crippen molar-refractivity contribution < 1.29 is 27.8 Å². The fourth-order valence-electron chi connectivity index (χ4n) is 1.38. The number of sulfonamides is 1. The predicted octanol–water partition coefficient (Wildman–Crippen LogP) is 0.573.